The van der Waals surface area contributed by atoms with Gasteiger partial charge in [0.1, 0.15) is 0 Å². The van der Waals surface area contributed by atoms with E-state index in [2.05, 4.69) is 182 Å². The lowest BCUT2D eigenvalue weighted by Crippen LogP contribution is -2.01. The number of hydrogen-bond acceptors (Lipinski definition) is 3. The van der Waals surface area contributed by atoms with Gasteiger partial charge in [0.25, 0.3) is 0 Å². The van der Waals surface area contributed by atoms with Crippen LogP contribution in [0.4, 0.5) is 0 Å². The van der Waals surface area contributed by atoms with Crippen molar-refractivity contribution in [2.45, 2.75) is 0 Å². The molecule has 9 aromatic carbocycles. The number of pyridine rings is 1. The van der Waals surface area contributed by atoms with Crippen molar-refractivity contribution in [2.24, 2.45) is 0 Å². The minimum Gasteiger partial charge on any atom is -0.247 e. The summed E-state index contributed by atoms with van der Waals surface area (Å²) in [7, 11) is 0. The van der Waals surface area contributed by atoms with Gasteiger partial charge < -0.3 is 0 Å². The fraction of sp³-hybridized carbons (Fsp3) is 0. The molecule has 0 amide bonds. The Morgan fingerprint density at radius 3 is 1.41 bits per heavy atom. The molecule has 11 aromatic rings. The van der Waals surface area contributed by atoms with E-state index in [-0.39, 0.29) is 0 Å². The molecule has 0 bridgehead atoms. The van der Waals surface area contributed by atoms with Crippen molar-refractivity contribution in [3.63, 3.8) is 0 Å². The second-order valence-corrected chi connectivity index (χ2v) is 14.3. The van der Waals surface area contributed by atoms with Crippen LogP contribution < -0.4 is 0 Å². The number of aromatic nitrogens is 3. The van der Waals surface area contributed by atoms with Crippen molar-refractivity contribution in [1.29, 1.82) is 0 Å². The summed E-state index contributed by atoms with van der Waals surface area (Å²) in [6.45, 7) is 0. The summed E-state index contributed by atoms with van der Waals surface area (Å²) in [5, 5.41) is 10.6. The second-order valence-electron chi connectivity index (χ2n) is 14.3. The van der Waals surface area contributed by atoms with Crippen LogP contribution in [0.2, 0.25) is 0 Å². The van der Waals surface area contributed by atoms with Crippen molar-refractivity contribution >= 4 is 54.0 Å². The highest BCUT2D eigenvalue weighted by atomic mass is 14.9. The maximum absolute atomic E-state index is 5.47. The fourth-order valence-electron chi connectivity index (χ4n) is 8.44. The van der Waals surface area contributed by atoms with Gasteiger partial charge in [-0.15, -0.1) is 0 Å². The SMILES string of the molecule is c1ccc(-c2nc(-c3cccc4ccccc34)c(-c3ccc(-c4nc5ccccc5c5c4ccc4ccccc45)cc3)c(-c3cccc4ccccc34)n2)cc1. The van der Waals surface area contributed by atoms with Gasteiger partial charge >= 0.3 is 0 Å². The average Bonchev–Trinajstić information content (AvgIpc) is 3.28. The Bertz CT molecular complexity index is 3170. The lowest BCUT2D eigenvalue weighted by Gasteiger charge is -2.19. The van der Waals surface area contributed by atoms with Crippen molar-refractivity contribution in [2.75, 3.05) is 0 Å². The van der Waals surface area contributed by atoms with Crippen LogP contribution in [0.5, 0.6) is 0 Å². The minimum atomic E-state index is 0.691. The molecule has 0 atom stereocenters. The van der Waals surface area contributed by atoms with E-state index in [9.17, 15) is 0 Å². The molecule has 0 saturated heterocycles. The fourth-order valence-corrected chi connectivity index (χ4v) is 8.44. The molecule has 260 valence electrons. The summed E-state index contributed by atoms with van der Waals surface area (Å²) in [6.07, 6.45) is 0. The standard InChI is InChI=1S/C53H33N3/c1-2-17-39(18-3-1)53-55-51(43-25-12-19-34-14-4-7-21-40(34)43)48(52(56-53)44-26-13-20-35-15-5-8-22-41(35)44)37-28-30-38(31-29-37)50-46-33-32-36-16-6-9-23-42(36)49(46)45-24-10-11-27-47(45)54-50/h1-33H. The Kier molecular flexibility index (Phi) is 7.49. The molecule has 0 radical (unpaired) electrons. The summed E-state index contributed by atoms with van der Waals surface area (Å²) in [5.74, 6) is 0.691. The Morgan fingerprint density at radius 1 is 0.268 bits per heavy atom. The Labute approximate surface area is 324 Å². The van der Waals surface area contributed by atoms with Gasteiger partial charge in [-0.05, 0) is 43.9 Å². The van der Waals surface area contributed by atoms with E-state index < -0.39 is 0 Å². The maximum atomic E-state index is 5.47. The molecule has 11 rings (SSSR count). The largest absolute Gasteiger partial charge is 0.247 e. The summed E-state index contributed by atoms with van der Waals surface area (Å²) < 4.78 is 0. The van der Waals surface area contributed by atoms with Crippen LogP contribution >= 0.6 is 0 Å². The van der Waals surface area contributed by atoms with Crippen molar-refractivity contribution in [3.8, 4) is 56.3 Å². The van der Waals surface area contributed by atoms with E-state index in [0.29, 0.717) is 5.82 Å². The topological polar surface area (TPSA) is 38.7 Å². The van der Waals surface area contributed by atoms with Crippen LogP contribution in [-0.2, 0) is 0 Å². The molecule has 0 N–H and O–H groups in total. The highest BCUT2D eigenvalue weighted by Crippen LogP contribution is 2.44. The Hall–Kier alpha value is -7.49. The van der Waals surface area contributed by atoms with E-state index in [4.69, 9.17) is 15.0 Å². The van der Waals surface area contributed by atoms with Gasteiger partial charge in [-0.1, -0.05) is 194 Å². The number of benzene rings is 9. The van der Waals surface area contributed by atoms with E-state index >= 15 is 0 Å². The second kappa shape index (κ2) is 13.1. The summed E-state index contributed by atoms with van der Waals surface area (Å²) in [5.41, 5.74) is 9.93. The monoisotopic (exact) mass is 711 g/mol. The number of rotatable bonds is 5. The van der Waals surface area contributed by atoms with Gasteiger partial charge in [0.05, 0.1) is 22.6 Å². The van der Waals surface area contributed by atoms with Crippen LogP contribution in [0.15, 0.2) is 200 Å². The normalized spacial score (nSPS) is 11.6. The van der Waals surface area contributed by atoms with Gasteiger partial charge in [-0.25, -0.2) is 15.0 Å². The molecule has 2 aromatic heterocycles. The number of para-hydroxylation sites is 1. The number of hydrogen-bond donors (Lipinski definition) is 0. The Balaban J connectivity index is 1.20. The zero-order valence-electron chi connectivity index (χ0n) is 30.4. The number of fused-ring (bicyclic) bond motifs is 7. The highest BCUT2D eigenvalue weighted by Gasteiger charge is 2.23. The maximum Gasteiger partial charge on any atom is 0.160 e. The molecule has 0 saturated carbocycles. The van der Waals surface area contributed by atoms with Crippen LogP contribution in [0.25, 0.3) is 110 Å². The third-order valence-electron chi connectivity index (χ3n) is 11.1. The van der Waals surface area contributed by atoms with Crippen molar-refractivity contribution in [1.82, 2.24) is 15.0 Å². The molecule has 56 heavy (non-hydrogen) atoms. The smallest absolute Gasteiger partial charge is 0.160 e. The first kappa shape index (κ1) is 32.0. The first-order valence-corrected chi connectivity index (χ1v) is 19.0. The molecule has 0 spiro atoms. The zero-order chi connectivity index (χ0) is 37.0. The van der Waals surface area contributed by atoms with E-state index in [1.807, 2.05) is 18.2 Å². The molecular weight excluding hydrogens is 679 g/mol. The van der Waals surface area contributed by atoms with Crippen LogP contribution in [0, 0.1) is 0 Å². The zero-order valence-corrected chi connectivity index (χ0v) is 30.4. The molecule has 2 heterocycles. The predicted octanol–water partition coefficient (Wildman–Crippen LogP) is 14.0. The number of nitrogens with zero attached hydrogens (tertiary/aromatic N) is 3. The molecule has 3 nitrogen and oxygen atoms in total. The molecule has 3 heteroatoms. The minimum absolute atomic E-state index is 0.691. The van der Waals surface area contributed by atoms with E-state index in [0.717, 1.165) is 77.5 Å². The third kappa shape index (κ3) is 5.25. The first-order valence-electron chi connectivity index (χ1n) is 19.0. The van der Waals surface area contributed by atoms with Gasteiger partial charge in [-0.3, -0.25) is 0 Å². The molecule has 0 fully saturated rings. The lowest BCUT2D eigenvalue weighted by atomic mass is 9.89. The third-order valence-corrected chi connectivity index (χ3v) is 11.1. The average molecular weight is 712 g/mol. The highest BCUT2D eigenvalue weighted by molar-refractivity contribution is 6.22. The van der Waals surface area contributed by atoms with Gasteiger partial charge in [0.15, 0.2) is 5.82 Å². The predicted molar refractivity (Wildman–Crippen MR) is 235 cm³/mol. The molecular formula is C53H33N3. The van der Waals surface area contributed by atoms with Crippen molar-refractivity contribution in [3.05, 3.63) is 200 Å². The van der Waals surface area contributed by atoms with Crippen LogP contribution in [0.3, 0.4) is 0 Å². The van der Waals surface area contributed by atoms with Crippen LogP contribution in [0.1, 0.15) is 0 Å². The summed E-state index contributed by atoms with van der Waals surface area (Å²) in [6, 6.07) is 70.9. The van der Waals surface area contributed by atoms with Crippen molar-refractivity contribution < 1.29 is 0 Å². The van der Waals surface area contributed by atoms with E-state index in [1.54, 1.807) is 0 Å². The molecule has 0 aliphatic rings. The van der Waals surface area contributed by atoms with Gasteiger partial charge in [0, 0.05) is 44.0 Å². The Morgan fingerprint density at radius 2 is 0.768 bits per heavy atom. The lowest BCUT2D eigenvalue weighted by molar-refractivity contribution is 1.19. The van der Waals surface area contributed by atoms with E-state index in [1.165, 1.54) is 26.9 Å². The molecule has 0 aliphatic heterocycles. The van der Waals surface area contributed by atoms with Gasteiger partial charge in [-0.2, -0.15) is 0 Å². The summed E-state index contributed by atoms with van der Waals surface area (Å²) in [4.78, 5) is 16.2. The summed E-state index contributed by atoms with van der Waals surface area (Å²) >= 11 is 0. The first-order chi connectivity index (χ1) is 27.8. The quantitative estimate of drug-likeness (QED) is 0.167. The van der Waals surface area contributed by atoms with Gasteiger partial charge in [0.2, 0.25) is 0 Å². The molecule has 0 unspecified atom stereocenters. The van der Waals surface area contributed by atoms with Crippen LogP contribution in [-0.4, -0.2) is 15.0 Å². The molecule has 0 aliphatic carbocycles.